The first kappa shape index (κ1) is 16.8. The largest absolute Gasteiger partial charge is 0.395 e. The van der Waals surface area contributed by atoms with Crippen LogP contribution in [0, 0.1) is 0 Å². The van der Waals surface area contributed by atoms with E-state index in [4.69, 9.17) is 10.2 Å². The maximum atomic E-state index is 10.1. The van der Waals surface area contributed by atoms with Crippen molar-refractivity contribution in [2.45, 2.75) is 31.4 Å². The fourth-order valence-electron chi connectivity index (χ4n) is 2.01. The maximum absolute atomic E-state index is 10.1. The molecule has 0 saturated heterocycles. The van der Waals surface area contributed by atoms with E-state index in [0.717, 1.165) is 6.42 Å². The molecule has 0 aromatic carbocycles. The quantitative estimate of drug-likeness (QED) is 0.312. The number of β-amino-alcohol motifs (C(OH)–C–C–N with tert-alkyl or cyclic N) is 2. The van der Waals surface area contributed by atoms with Crippen molar-refractivity contribution in [1.29, 1.82) is 0 Å². The molecule has 17 heavy (non-hydrogen) atoms. The molecule has 0 radical (unpaired) electrons. The molecular weight excluding hydrogens is 226 g/mol. The van der Waals surface area contributed by atoms with Gasteiger partial charge in [-0.3, -0.25) is 4.90 Å². The summed E-state index contributed by atoms with van der Waals surface area (Å²) in [5.74, 6) is 0. The van der Waals surface area contributed by atoms with Crippen LogP contribution in [0.4, 0.5) is 0 Å². The predicted octanol–water partition coefficient (Wildman–Crippen LogP) is -1.84. The zero-order valence-electron chi connectivity index (χ0n) is 10.4. The van der Waals surface area contributed by atoms with Gasteiger partial charge in [0.1, 0.15) is 0 Å². The molecule has 0 heterocycles. The third-order valence-electron chi connectivity index (χ3n) is 3.10. The highest BCUT2D eigenvalue weighted by Gasteiger charge is 2.41. The molecule has 0 aromatic rings. The third-order valence-corrected chi connectivity index (χ3v) is 3.10. The Labute approximate surface area is 102 Å². The van der Waals surface area contributed by atoms with Crippen LogP contribution in [0.1, 0.15) is 19.8 Å². The van der Waals surface area contributed by atoms with Crippen LogP contribution in [0.3, 0.4) is 0 Å². The second kappa shape index (κ2) is 8.79. The normalized spacial score (nSPS) is 14.3. The highest BCUT2D eigenvalue weighted by molar-refractivity contribution is 4.96. The lowest BCUT2D eigenvalue weighted by Crippen LogP contribution is -2.63. The first-order valence-corrected chi connectivity index (χ1v) is 5.99. The Morgan fingerprint density at radius 3 is 1.76 bits per heavy atom. The van der Waals surface area contributed by atoms with E-state index >= 15 is 0 Å². The van der Waals surface area contributed by atoms with Crippen LogP contribution < -0.4 is 0 Å². The number of rotatable bonds is 10. The molecule has 1 unspecified atom stereocenters. The molecule has 1 atom stereocenters. The Hall–Kier alpha value is -0.240. The van der Waals surface area contributed by atoms with Crippen molar-refractivity contribution in [3.05, 3.63) is 0 Å². The lowest BCUT2D eigenvalue weighted by Gasteiger charge is -2.44. The van der Waals surface area contributed by atoms with Crippen molar-refractivity contribution in [3.63, 3.8) is 0 Å². The zero-order valence-corrected chi connectivity index (χ0v) is 10.4. The summed E-state index contributed by atoms with van der Waals surface area (Å²) in [7, 11) is 0. The van der Waals surface area contributed by atoms with Gasteiger partial charge in [0, 0.05) is 13.1 Å². The van der Waals surface area contributed by atoms with Crippen LogP contribution in [-0.4, -0.2) is 81.6 Å². The van der Waals surface area contributed by atoms with Gasteiger partial charge in [-0.25, -0.2) is 0 Å². The Balaban J connectivity index is 4.95. The van der Waals surface area contributed by atoms with Gasteiger partial charge in [-0.1, -0.05) is 13.3 Å². The van der Waals surface area contributed by atoms with E-state index in [-0.39, 0.29) is 26.3 Å². The van der Waals surface area contributed by atoms with Crippen molar-refractivity contribution in [2.24, 2.45) is 0 Å². The summed E-state index contributed by atoms with van der Waals surface area (Å²) in [4.78, 5) is 1.54. The van der Waals surface area contributed by atoms with E-state index in [0.29, 0.717) is 6.42 Å². The molecule has 104 valence electrons. The van der Waals surface area contributed by atoms with Gasteiger partial charge >= 0.3 is 0 Å². The number of aliphatic hydroxyl groups is 5. The molecular formula is C11H25NO5. The molecule has 0 bridgehead atoms. The van der Waals surface area contributed by atoms with E-state index < -0.39 is 24.9 Å². The van der Waals surface area contributed by atoms with Gasteiger partial charge in [-0.05, 0) is 6.42 Å². The van der Waals surface area contributed by atoms with Crippen molar-refractivity contribution < 1.29 is 25.5 Å². The van der Waals surface area contributed by atoms with Crippen molar-refractivity contribution in [3.8, 4) is 0 Å². The second-order valence-electron chi connectivity index (χ2n) is 4.16. The zero-order chi connectivity index (χ0) is 13.3. The topological polar surface area (TPSA) is 104 Å². The van der Waals surface area contributed by atoms with Crippen LogP contribution in [0.5, 0.6) is 0 Å². The van der Waals surface area contributed by atoms with Gasteiger partial charge in [-0.2, -0.15) is 0 Å². The van der Waals surface area contributed by atoms with E-state index in [1.165, 1.54) is 4.90 Å². The Morgan fingerprint density at radius 2 is 1.47 bits per heavy atom. The fourth-order valence-corrected chi connectivity index (χ4v) is 2.01. The van der Waals surface area contributed by atoms with Gasteiger partial charge < -0.3 is 25.5 Å². The molecule has 6 nitrogen and oxygen atoms in total. The summed E-state index contributed by atoms with van der Waals surface area (Å²) in [6.07, 6.45) is 0.254. The average Bonchev–Trinajstić information content (AvgIpc) is 2.32. The fraction of sp³-hybridized carbons (Fsp3) is 1.00. The molecule has 0 saturated carbocycles. The van der Waals surface area contributed by atoms with Crippen LogP contribution in [0.15, 0.2) is 0 Å². The summed E-state index contributed by atoms with van der Waals surface area (Å²) >= 11 is 0. The highest BCUT2D eigenvalue weighted by Crippen LogP contribution is 2.22. The molecule has 0 aliphatic carbocycles. The van der Waals surface area contributed by atoms with Gasteiger partial charge in [-0.15, -0.1) is 0 Å². The summed E-state index contributed by atoms with van der Waals surface area (Å²) in [5, 5.41) is 46.9. The van der Waals surface area contributed by atoms with Gasteiger partial charge in [0.15, 0.2) is 0 Å². The van der Waals surface area contributed by atoms with Crippen molar-refractivity contribution in [1.82, 2.24) is 4.90 Å². The summed E-state index contributed by atoms with van der Waals surface area (Å²) in [6.45, 7) is 1.08. The number of aliphatic hydroxyl groups excluding tert-OH is 5. The minimum absolute atomic E-state index is 0.166. The Bertz CT molecular complexity index is 181. The van der Waals surface area contributed by atoms with Crippen LogP contribution in [0.2, 0.25) is 0 Å². The minimum Gasteiger partial charge on any atom is -0.395 e. The lowest BCUT2D eigenvalue weighted by molar-refractivity contribution is -0.102. The van der Waals surface area contributed by atoms with Crippen molar-refractivity contribution in [2.75, 3.05) is 39.5 Å². The number of nitrogens with zero attached hydrogens (tertiary/aromatic N) is 1. The molecule has 0 amide bonds. The maximum Gasteiger partial charge on any atom is 0.0936 e. The monoisotopic (exact) mass is 251 g/mol. The van der Waals surface area contributed by atoms with E-state index in [1.54, 1.807) is 0 Å². The first-order chi connectivity index (χ1) is 8.12. The Morgan fingerprint density at radius 1 is 1.00 bits per heavy atom. The third kappa shape index (κ3) is 4.17. The van der Waals surface area contributed by atoms with E-state index in [2.05, 4.69) is 0 Å². The lowest BCUT2D eigenvalue weighted by atomic mass is 9.88. The summed E-state index contributed by atoms with van der Waals surface area (Å²) in [5.41, 5.74) is -1.21. The minimum atomic E-state index is -1.21. The second-order valence-corrected chi connectivity index (χ2v) is 4.16. The molecule has 0 rings (SSSR count). The number of hydrogen-bond donors (Lipinski definition) is 5. The van der Waals surface area contributed by atoms with Crippen LogP contribution >= 0.6 is 0 Å². The SMILES string of the molecule is CCCC(O)C(CO)(CO)N(CCO)CCO. The average molecular weight is 251 g/mol. The van der Waals surface area contributed by atoms with Gasteiger partial charge in [0.25, 0.3) is 0 Å². The molecule has 6 heteroatoms. The molecule has 0 aliphatic rings. The Kier molecular flexibility index (Phi) is 8.67. The number of hydrogen-bond acceptors (Lipinski definition) is 6. The summed E-state index contributed by atoms with van der Waals surface area (Å²) in [6, 6.07) is 0. The van der Waals surface area contributed by atoms with Crippen LogP contribution in [0.25, 0.3) is 0 Å². The van der Waals surface area contributed by atoms with E-state index in [9.17, 15) is 15.3 Å². The molecule has 0 aromatic heterocycles. The molecule has 5 N–H and O–H groups in total. The predicted molar refractivity (Wildman–Crippen MR) is 63.6 cm³/mol. The van der Waals surface area contributed by atoms with E-state index in [1.807, 2.05) is 6.92 Å². The first-order valence-electron chi connectivity index (χ1n) is 5.99. The standard InChI is InChI=1S/C11H25NO5/c1-2-3-10(17)11(8-15,9-16)12(4-6-13)5-7-14/h10,13-17H,2-9H2,1H3. The molecule has 0 aliphatic heterocycles. The van der Waals surface area contributed by atoms with Crippen molar-refractivity contribution >= 4 is 0 Å². The summed E-state index contributed by atoms with van der Waals surface area (Å²) < 4.78 is 0. The van der Waals surface area contributed by atoms with Gasteiger partial charge in [0.2, 0.25) is 0 Å². The van der Waals surface area contributed by atoms with Gasteiger partial charge in [0.05, 0.1) is 38.1 Å². The smallest absolute Gasteiger partial charge is 0.0936 e. The molecule has 0 spiro atoms. The highest BCUT2D eigenvalue weighted by atomic mass is 16.3. The molecule has 0 fully saturated rings. The van der Waals surface area contributed by atoms with Crippen LogP contribution in [-0.2, 0) is 0 Å².